The number of hydrogen-bond donors (Lipinski definition) is 0. The standard InChI is InChI=1S/C41H29N/c1-3-15-30(16-4-1)41-34-21-10-7-14-29(34)26-27-37(41)36-22-11-12-24-39(36)42(32-18-5-2-6-19-32)40-25-13-23-35-33-20-9-8-17-31(33)28-38(35)40/h1-27H,28H2. The highest BCUT2D eigenvalue weighted by molar-refractivity contribution is 6.06. The Balaban J connectivity index is 1.40. The summed E-state index contributed by atoms with van der Waals surface area (Å²) in [5.41, 5.74) is 13.9. The second-order valence-electron chi connectivity index (χ2n) is 10.9. The van der Waals surface area contributed by atoms with Crippen LogP contribution in [0.1, 0.15) is 11.1 Å². The minimum absolute atomic E-state index is 0.929. The third-order valence-electron chi connectivity index (χ3n) is 8.51. The van der Waals surface area contributed by atoms with E-state index in [4.69, 9.17) is 0 Å². The van der Waals surface area contributed by atoms with E-state index in [1.54, 1.807) is 0 Å². The molecule has 1 nitrogen and oxygen atoms in total. The highest BCUT2D eigenvalue weighted by Crippen LogP contribution is 2.49. The van der Waals surface area contributed by atoms with Crippen LogP contribution in [-0.4, -0.2) is 0 Å². The van der Waals surface area contributed by atoms with Gasteiger partial charge >= 0.3 is 0 Å². The Morgan fingerprint density at radius 1 is 0.405 bits per heavy atom. The number of para-hydroxylation sites is 2. The van der Waals surface area contributed by atoms with Gasteiger partial charge in [0.15, 0.2) is 0 Å². The normalized spacial score (nSPS) is 11.7. The van der Waals surface area contributed by atoms with Crippen molar-refractivity contribution >= 4 is 27.8 Å². The molecule has 0 spiro atoms. The Morgan fingerprint density at radius 2 is 1.05 bits per heavy atom. The molecule has 0 amide bonds. The zero-order valence-electron chi connectivity index (χ0n) is 23.2. The van der Waals surface area contributed by atoms with Crippen molar-refractivity contribution in [2.45, 2.75) is 6.42 Å². The minimum Gasteiger partial charge on any atom is -0.310 e. The van der Waals surface area contributed by atoms with E-state index in [2.05, 4.69) is 169 Å². The lowest BCUT2D eigenvalue weighted by atomic mass is 9.88. The average molecular weight is 536 g/mol. The molecule has 8 rings (SSSR count). The summed E-state index contributed by atoms with van der Waals surface area (Å²) in [7, 11) is 0. The van der Waals surface area contributed by atoms with E-state index in [-0.39, 0.29) is 0 Å². The highest BCUT2D eigenvalue weighted by Gasteiger charge is 2.26. The van der Waals surface area contributed by atoms with Crippen molar-refractivity contribution in [3.63, 3.8) is 0 Å². The lowest BCUT2D eigenvalue weighted by Crippen LogP contribution is -2.13. The van der Waals surface area contributed by atoms with Crippen molar-refractivity contribution in [2.75, 3.05) is 4.90 Å². The van der Waals surface area contributed by atoms with E-state index in [1.807, 2.05) is 0 Å². The third kappa shape index (κ3) is 4.02. The zero-order valence-corrected chi connectivity index (χ0v) is 23.2. The first-order valence-electron chi connectivity index (χ1n) is 14.6. The molecule has 1 heteroatoms. The van der Waals surface area contributed by atoms with Crippen LogP contribution < -0.4 is 4.90 Å². The quantitative estimate of drug-likeness (QED) is 0.212. The molecule has 1 aliphatic carbocycles. The van der Waals surface area contributed by atoms with Crippen molar-refractivity contribution in [1.82, 2.24) is 0 Å². The van der Waals surface area contributed by atoms with Crippen LogP contribution in [0, 0.1) is 0 Å². The Hall–Kier alpha value is -5.40. The van der Waals surface area contributed by atoms with Crippen molar-refractivity contribution < 1.29 is 0 Å². The number of anilines is 3. The van der Waals surface area contributed by atoms with Gasteiger partial charge in [-0.3, -0.25) is 0 Å². The van der Waals surface area contributed by atoms with Gasteiger partial charge in [0, 0.05) is 17.7 Å². The molecule has 7 aromatic rings. The van der Waals surface area contributed by atoms with Crippen LogP contribution in [0.3, 0.4) is 0 Å². The van der Waals surface area contributed by atoms with E-state index in [0.29, 0.717) is 0 Å². The Bertz CT molecular complexity index is 2060. The monoisotopic (exact) mass is 535 g/mol. The van der Waals surface area contributed by atoms with Gasteiger partial charge in [-0.25, -0.2) is 0 Å². The number of benzene rings is 7. The molecular weight excluding hydrogens is 506 g/mol. The molecule has 0 saturated heterocycles. The molecule has 0 aliphatic heterocycles. The van der Waals surface area contributed by atoms with Gasteiger partial charge in [-0.05, 0) is 74.0 Å². The van der Waals surface area contributed by atoms with E-state index in [0.717, 1.165) is 12.1 Å². The zero-order chi connectivity index (χ0) is 27.9. The molecule has 0 fully saturated rings. The summed E-state index contributed by atoms with van der Waals surface area (Å²) in [5, 5.41) is 2.51. The minimum atomic E-state index is 0.929. The topological polar surface area (TPSA) is 3.24 Å². The van der Waals surface area contributed by atoms with Gasteiger partial charge in [-0.15, -0.1) is 0 Å². The molecule has 0 heterocycles. The summed E-state index contributed by atoms with van der Waals surface area (Å²) in [4.78, 5) is 2.46. The van der Waals surface area contributed by atoms with Crippen molar-refractivity contribution in [2.24, 2.45) is 0 Å². The van der Waals surface area contributed by atoms with Crippen LogP contribution in [0.5, 0.6) is 0 Å². The number of nitrogens with zero attached hydrogens (tertiary/aromatic N) is 1. The molecule has 7 aromatic carbocycles. The van der Waals surface area contributed by atoms with Gasteiger partial charge in [0.25, 0.3) is 0 Å². The number of rotatable bonds is 5. The largest absolute Gasteiger partial charge is 0.310 e. The fraction of sp³-hybridized carbons (Fsp3) is 0.0244. The lowest BCUT2D eigenvalue weighted by molar-refractivity contribution is 1.20. The van der Waals surface area contributed by atoms with Crippen LogP contribution in [0.4, 0.5) is 17.1 Å². The maximum atomic E-state index is 2.46. The summed E-state index contributed by atoms with van der Waals surface area (Å²) >= 11 is 0. The van der Waals surface area contributed by atoms with Gasteiger partial charge in [0.1, 0.15) is 0 Å². The second-order valence-corrected chi connectivity index (χ2v) is 10.9. The Labute approximate surface area is 247 Å². The second kappa shape index (κ2) is 10.2. The van der Waals surface area contributed by atoms with E-state index >= 15 is 0 Å². The first-order chi connectivity index (χ1) is 20.9. The van der Waals surface area contributed by atoms with Crippen LogP contribution in [0.15, 0.2) is 164 Å². The summed E-state index contributed by atoms with van der Waals surface area (Å²) in [6, 6.07) is 59.4. The van der Waals surface area contributed by atoms with Gasteiger partial charge < -0.3 is 4.90 Å². The summed E-state index contributed by atoms with van der Waals surface area (Å²) in [6.45, 7) is 0. The van der Waals surface area contributed by atoms with E-state index in [1.165, 1.54) is 66.7 Å². The highest BCUT2D eigenvalue weighted by atomic mass is 15.1. The number of hydrogen-bond acceptors (Lipinski definition) is 1. The van der Waals surface area contributed by atoms with Gasteiger partial charge in [-0.2, -0.15) is 0 Å². The molecule has 198 valence electrons. The fourth-order valence-corrected chi connectivity index (χ4v) is 6.64. The first-order valence-corrected chi connectivity index (χ1v) is 14.6. The summed E-state index contributed by atoms with van der Waals surface area (Å²) in [6.07, 6.45) is 0.929. The summed E-state index contributed by atoms with van der Waals surface area (Å²) < 4.78 is 0. The Kier molecular flexibility index (Phi) is 5.93. The molecule has 42 heavy (non-hydrogen) atoms. The van der Waals surface area contributed by atoms with Crippen LogP contribution in [0.2, 0.25) is 0 Å². The van der Waals surface area contributed by atoms with Crippen molar-refractivity contribution in [3.8, 4) is 33.4 Å². The van der Waals surface area contributed by atoms with Gasteiger partial charge in [-0.1, -0.05) is 140 Å². The maximum Gasteiger partial charge on any atom is 0.0540 e. The molecule has 0 N–H and O–H groups in total. The van der Waals surface area contributed by atoms with Crippen molar-refractivity contribution in [3.05, 3.63) is 175 Å². The SMILES string of the molecule is c1ccc(-c2c(-c3ccccc3N(c3ccccc3)c3cccc4c3Cc3ccccc3-4)ccc3ccccc23)cc1. The van der Waals surface area contributed by atoms with Crippen LogP contribution in [-0.2, 0) is 6.42 Å². The van der Waals surface area contributed by atoms with Crippen LogP contribution in [0.25, 0.3) is 44.2 Å². The first kappa shape index (κ1) is 24.4. The van der Waals surface area contributed by atoms with E-state index in [9.17, 15) is 0 Å². The lowest BCUT2D eigenvalue weighted by Gasteiger charge is -2.30. The third-order valence-corrected chi connectivity index (χ3v) is 8.51. The average Bonchev–Trinajstić information content (AvgIpc) is 3.45. The van der Waals surface area contributed by atoms with Gasteiger partial charge in [0.05, 0.1) is 11.4 Å². The maximum absolute atomic E-state index is 2.46. The molecule has 0 atom stereocenters. The van der Waals surface area contributed by atoms with Crippen LogP contribution >= 0.6 is 0 Å². The summed E-state index contributed by atoms with van der Waals surface area (Å²) in [5.74, 6) is 0. The molecule has 0 saturated carbocycles. The molecule has 0 aromatic heterocycles. The Morgan fingerprint density at radius 3 is 1.90 bits per heavy atom. The van der Waals surface area contributed by atoms with Gasteiger partial charge in [0.2, 0.25) is 0 Å². The fourth-order valence-electron chi connectivity index (χ4n) is 6.64. The molecule has 0 radical (unpaired) electrons. The molecular formula is C41H29N. The molecule has 1 aliphatic rings. The molecule has 0 bridgehead atoms. The van der Waals surface area contributed by atoms with E-state index < -0.39 is 0 Å². The smallest absolute Gasteiger partial charge is 0.0540 e. The van der Waals surface area contributed by atoms with Crippen molar-refractivity contribution in [1.29, 1.82) is 0 Å². The predicted octanol–water partition coefficient (Wildman–Crippen LogP) is 11.2. The molecule has 0 unspecified atom stereocenters. The predicted molar refractivity (Wildman–Crippen MR) is 178 cm³/mol. The number of fused-ring (bicyclic) bond motifs is 4.